The van der Waals surface area contributed by atoms with Gasteiger partial charge in [0.2, 0.25) is 11.8 Å². The summed E-state index contributed by atoms with van der Waals surface area (Å²) in [5.41, 5.74) is 3.19. The highest BCUT2D eigenvalue weighted by Crippen LogP contribution is 2.32. The Morgan fingerprint density at radius 1 is 1.10 bits per heavy atom. The van der Waals surface area contributed by atoms with Crippen molar-refractivity contribution in [3.05, 3.63) is 77.5 Å². The van der Waals surface area contributed by atoms with Crippen molar-refractivity contribution in [1.82, 2.24) is 10.2 Å². The van der Waals surface area contributed by atoms with E-state index in [1.165, 1.54) is 6.92 Å². The van der Waals surface area contributed by atoms with Crippen LogP contribution in [-0.4, -0.2) is 29.9 Å². The largest absolute Gasteiger partial charge is 0.374 e. The fraction of sp³-hybridized carbons (Fsp3) is 0.333. The number of hydrogen-bond donors (Lipinski definition) is 1. The molecule has 2 aromatic rings. The second-order valence-corrected chi connectivity index (χ2v) is 7.22. The first kappa shape index (κ1) is 20.8. The molecule has 2 aromatic carbocycles. The van der Waals surface area contributed by atoms with Gasteiger partial charge in [-0.25, -0.2) is 0 Å². The Labute approximate surface area is 172 Å². The number of carbonyl (C=O) groups excluding carboxylic acids is 2. The first-order valence-electron chi connectivity index (χ1n) is 10.1. The fourth-order valence-electron chi connectivity index (χ4n) is 3.54. The molecule has 152 valence electrons. The number of fused-ring (bicyclic) bond motifs is 1. The van der Waals surface area contributed by atoms with Crippen molar-refractivity contribution in [3.63, 3.8) is 0 Å². The van der Waals surface area contributed by atoms with E-state index in [0.29, 0.717) is 13.2 Å². The van der Waals surface area contributed by atoms with Crippen molar-refractivity contribution >= 4 is 17.9 Å². The predicted molar refractivity (Wildman–Crippen MR) is 114 cm³/mol. The number of amides is 2. The predicted octanol–water partition coefficient (Wildman–Crippen LogP) is 4.23. The van der Waals surface area contributed by atoms with Crippen LogP contribution in [0.1, 0.15) is 55.5 Å². The second-order valence-electron chi connectivity index (χ2n) is 7.22. The van der Waals surface area contributed by atoms with E-state index in [4.69, 9.17) is 4.74 Å². The maximum atomic E-state index is 12.5. The van der Waals surface area contributed by atoms with Crippen molar-refractivity contribution in [2.45, 2.75) is 38.8 Å². The monoisotopic (exact) mass is 392 g/mol. The van der Waals surface area contributed by atoms with Gasteiger partial charge in [-0.1, -0.05) is 54.6 Å². The molecule has 0 aromatic heterocycles. The highest BCUT2D eigenvalue weighted by molar-refractivity contribution is 5.81. The van der Waals surface area contributed by atoms with Crippen LogP contribution in [0.4, 0.5) is 0 Å². The third-order valence-electron chi connectivity index (χ3n) is 5.13. The lowest BCUT2D eigenvalue weighted by Gasteiger charge is -2.32. The summed E-state index contributed by atoms with van der Waals surface area (Å²) in [7, 11) is 0. The third-order valence-corrected chi connectivity index (χ3v) is 5.13. The van der Waals surface area contributed by atoms with Gasteiger partial charge in [-0.3, -0.25) is 9.59 Å². The molecule has 0 aliphatic carbocycles. The molecule has 0 spiro atoms. The normalized spacial score (nSPS) is 16.2. The molecule has 1 N–H and O–H groups in total. The molecule has 0 unspecified atom stereocenters. The van der Waals surface area contributed by atoms with Crippen LogP contribution in [0, 0.1) is 0 Å². The van der Waals surface area contributed by atoms with Gasteiger partial charge in [0.1, 0.15) is 0 Å². The Kier molecular flexibility index (Phi) is 7.19. The number of hydrogen-bond acceptors (Lipinski definition) is 3. The van der Waals surface area contributed by atoms with Crippen LogP contribution >= 0.6 is 0 Å². The summed E-state index contributed by atoms with van der Waals surface area (Å²) in [5.74, 6) is -0.140. The minimum absolute atomic E-state index is 0.0292. The molecule has 0 bridgehead atoms. The molecule has 1 aliphatic heterocycles. The highest BCUT2D eigenvalue weighted by atomic mass is 16.5. The van der Waals surface area contributed by atoms with Gasteiger partial charge in [0.05, 0.1) is 18.6 Å². The Hall–Kier alpha value is -2.92. The number of ether oxygens (including phenoxy) is 1. The average Bonchev–Trinajstić information content (AvgIpc) is 2.74. The van der Waals surface area contributed by atoms with E-state index in [2.05, 4.69) is 5.32 Å². The Bertz CT molecular complexity index is 863. The second kappa shape index (κ2) is 10.0. The van der Waals surface area contributed by atoms with Crippen molar-refractivity contribution in [3.8, 4) is 0 Å². The maximum absolute atomic E-state index is 12.5. The van der Waals surface area contributed by atoms with Crippen LogP contribution in [0.15, 0.2) is 60.8 Å². The molecule has 5 heteroatoms. The number of carbonyl (C=O) groups is 2. The van der Waals surface area contributed by atoms with Crippen molar-refractivity contribution < 1.29 is 14.3 Å². The van der Waals surface area contributed by atoms with E-state index in [1.54, 1.807) is 11.1 Å². The van der Waals surface area contributed by atoms with Gasteiger partial charge in [-0.2, -0.15) is 0 Å². The highest BCUT2D eigenvalue weighted by Gasteiger charge is 2.27. The number of benzene rings is 2. The van der Waals surface area contributed by atoms with Gasteiger partial charge in [0.25, 0.3) is 0 Å². The SMILES string of the molecule is CC(=O)N1C=Cc2ccccc2[C@@H]1CC(=O)NCCCO[C@@H](C)c1ccccc1. The van der Waals surface area contributed by atoms with Crippen LogP contribution in [0.3, 0.4) is 0 Å². The van der Waals surface area contributed by atoms with Gasteiger partial charge < -0.3 is 15.0 Å². The van der Waals surface area contributed by atoms with E-state index >= 15 is 0 Å². The summed E-state index contributed by atoms with van der Waals surface area (Å²) in [6.45, 7) is 4.67. The molecule has 0 radical (unpaired) electrons. The quantitative estimate of drug-likeness (QED) is 0.684. The Morgan fingerprint density at radius 3 is 2.59 bits per heavy atom. The summed E-state index contributed by atoms with van der Waals surface area (Å²) in [5, 5.41) is 2.95. The third kappa shape index (κ3) is 5.55. The standard InChI is InChI=1S/C24H28N2O3/c1-18(20-9-4-3-5-10-20)29-16-8-14-25-24(28)17-23-22-12-7-6-11-21(22)13-15-26(23)19(2)27/h3-7,9-13,15,18,23H,8,14,16-17H2,1-2H3,(H,25,28)/t18-,23-/m0/s1. The van der Waals surface area contributed by atoms with Crippen molar-refractivity contribution in [1.29, 1.82) is 0 Å². The minimum atomic E-state index is -0.275. The summed E-state index contributed by atoms with van der Waals surface area (Å²) < 4.78 is 5.84. The Morgan fingerprint density at radius 2 is 1.83 bits per heavy atom. The zero-order valence-corrected chi connectivity index (χ0v) is 17.0. The van der Waals surface area contributed by atoms with Crippen LogP contribution < -0.4 is 5.32 Å². The molecule has 2 atom stereocenters. The summed E-state index contributed by atoms with van der Waals surface area (Å²) in [4.78, 5) is 26.1. The lowest BCUT2D eigenvalue weighted by molar-refractivity contribution is -0.129. The van der Waals surface area contributed by atoms with E-state index in [0.717, 1.165) is 23.1 Å². The summed E-state index contributed by atoms with van der Waals surface area (Å²) >= 11 is 0. The minimum Gasteiger partial charge on any atom is -0.374 e. The van der Waals surface area contributed by atoms with E-state index in [1.807, 2.05) is 67.6 Å². The van der Waals surface area contributed by atoms with Crippen LogP contribution in [0.25, 0.3) is 6.08 Å². The smallest absolute Gasteiger partial charge is 0.223 e. The zero-order valence-electron chi connectivity index (χ0n) is 17.0. The molecular formula is C24H28N2O3. The molecule has 29 heavy (non-hydrogen) atoms. The van der Waals surface area contributed by atoms with Gasteiger partial charge in [0.15, 0.2) is 0 Å². The van der Waals surface area contributed by atoms with Gasteiger partial charge in [-0.15, -0.1) is 0 Å². The van der Waals surface area contributed by atoms with Crippen molar-refractivity contribution in [2.75, 3.05) is 13.2 Å². The number of nitrogens with one attached hydrogen (secondary N) is 1. The van der Waals surface area contributed by atoms with Gasteiger partial charge in [-0.05, 0) is 36.1 Å². The van der Waals surface area contributed by atoms with Crippen LogP contribution in [0.2, 0.25) is 0 Å². The lowest BCUT2D eigenvalue weighted by atomic mass is 9.93. The zero-order chi connectivity index (χ0) is 20.6. The topological polar surface area (TPSA) is 58.6 Å². The van der Waals surface area contributed by atoms with Gasteiger partial charge in [0, 0.05) is 26.3 Å². The molecular weight excluding hydrogens is 364 g/mol. The summed E-state index contributed by atoms with van der Waals surface area (Å²) in [6.07, 6.45) is 4.68. The van der Waals surface area contributed by atoms with Gasteiger partial charge >= 0.3 is 0 Å². The molecule has 0 saturated carbocycles. The molecule has 1 heterocycles. The van der Waals surface area contributed by atoms with E-state index < -0.39 is 0 Å². The number of rotatable bonds is 8. The Balaban J connectivity index is 1.46. The van der Waals surface area contributed by atoms with Crippen LogP contribution in [-0.2, 0) is 14.3 Å². The average molecular weight is 392 g/mol. The molecule has 5 nitrogen and oxygen atoms in total. The fourth-order valence-corrected chi connectivity index (χ4v) is 3.54. The molecule has 2 amide bonds. The summed E-state index contributed by atoms with van der Waals surface area (Å²) in [6, 6.07) is 17.7. The first-order chi connectivity index (χ1) is 14.1. The van der Waals surface area contributed by atoms with E-state index in [9.17, 15) is 9.59 Å². The molecule has 1 aliphatic rings. The van der Waals surface area contributed by atoms with Crippen molar-refractivity contribution in [2.24, 2.45) is 0 Å². The lowest BCUT2D eigenvalue weighted by Crippen LogP contribution is -2.35. The van der Waals surface area contributed by atoms with Crippen LogP contribution in [0.5, 0.6) is 0 Å². The first-order valence-corrected chi connectivity index (χ1v) is 10.1. The molecule has 0 fully saturated rings. The maximum Gasteiger partial charge on any atom is 0.223 e. The number of nitrogens with zero attached hydrogens (tertiary/aromatic N) is 1. The molecule has 0 saturated heterocycles. The van der Waals surface area contributed by atoms with E-state index in [-0.39, 0.29) is 30.4 Å². The molecule has 3 rings (SSSR count).